The van der Waals surface area contributed by atoms with Gasteiger partial charge in [-0.1, -0.05) is 18.2 Å². The minimum Gasteiger partial charge on any atom is -0.463 e. The third-order valence-electron chi connectivity index (χ3n) is 3.37. The third-order valence-corrected chi connectivity index (χ3v) is 4.68. The van der Waals surface area contributed by atoms with Gasteiger partial charge in [0.15, 0.2) is 4.90 Å². The molecule has 1 aromatic heterocycles. The van der Waals surface area contributed by atoms with Gasteiger partial charge in [0.2, 0.25) is 5.43 Å². The zero-order chi connectivity index (χ0) is 18.9. The zero-order valence-corrected chi connectivity index (χ0v) is 13.6. The predicted octanol–water partition coefficient (Wildman–Crippen LogP) is 2.58. The average Bonchev–Trinajstić information content (AvgIpc) is 2.58. The number of hydrogen-bond donors (Lipinski definition) is 2. The molecule has 7 nitrogen and oxygen atoms in total. The first kappa shape index (κ1) is 17.5. The van der Waals surface area contributed by atoms with Gasteiger partial charge in [0.05, 0.1) is 5.39 Å². The summed E-state index contributed by atoms with van der Waals surface area (Å²) in [7, 11) is -4.64. The summed E-state index contributed by atoms with van der Waals surface area (Å²) in [5, 5.41) is 1.75. The number of nitrogens with one attached hydrogen (secondary N) is 2. The van der Waals surface area contributed by atoms with Crippen LogP contribution in [0.25, 0.3) is 11.0 Å². The number of urea groups is 1. The number of fused-ring (bicyclic) bond motifs is 1. The van der Waals surface area contributed by atoms with Crippen molar-refractivity contribution in [1.29, 1.82) is 0 Å². The zero-order valence-electron chi connectivity index (χ0n) is 12.8. The van der Waals surface area contributed by atoms with Crippen molar-refractivity contribution < 1.29 is 26.4 Å². The van der Waals surface area contributed by atoms with Crippen molar-refractivity contribution in [1.82, 2.24) is 4.72 Å². The maximum atomic E-state index is 13.5. The lowest BCUT2D eigenvalue weighted by molar-refractivity contribution is 0.256. The molecule has 0 spiro atoms. The van der Waals surface area contributed by atoms with Crippen molar-refractivity contribution in [3.63, 3.8) is 0 Å². The molecule has 1 heterocycles. The fraction of sp³-hybridized carbons (Fsp3) is 0. The maximum absolute atomic E-state index is 13.5. The van der Waals surface area contributed by atoms with E-state index in [0.29, 0.717) is 6.26 Å². The van der Waals surface area contributed by atoms with Crippen LogP contribution in [-0.4, -0.2) is 14.4 Å². The van der Waals surface area contributed by atoms with E-state index in [2.05, 4.69) is 0 Å². The fourth-order valence-corrected chi connectivity index (χ4v) is 3.11. The van der Waals surface area contributed by atoms with Gasteiger partial charge in [-0.15, -0.1) is 0 Å². The Kier molecular flexibility index (Phi) is 4.43. The largest absolute Gasteiger partial charge is 0.463 e. The number of carbonyl (C=O) groups excluding carboxylic acids is 1. The Hall–Kier alpha value is -3.27. The molecule has 0 saturated carbocycles. The second-order valence-electron chi connectivity index (χ2n) is 5.08. The molecule has 2 aromatic carbocycles. The quantitative estimate of drug-likeness (QED) is 0.727. The van der Waals surface area contributed by atoms with E-state index in [9.17, 15) is 26.8 Å². The summed E-state index contributed by atoms with van der Waals surface area (Å²) in [6.45, 7) is 0. The highest BCUT2D eigenvalue weighted by molar-refractivity contribution is 7.90. The molecule has 3 aromatic rings. The van der Waals surface area contributed by atoms with E-state index in [1.165, 1.54) is 22.9 Å². The molecule has 0 aliphatic heterocycles. The number of hydrogen-bond acceptors (Lipinski definition) is 5. The Morgan fingerprint density at radius 1 is 1.00 bits per heavy atom. The number of halogens is 2. The summed E-state index contributed by atoms with van der Waals surface area (Å²) in [4.78, 5) is 23.3. The second kappa shape index (κ2) is 6.56. The van der Waals surface area contributed by atoms with Crippen LogP contribution in [0.1, 0.15) is 0 Å². The molecule has 0 aliphatic carbocycles. The summed E-state index contributed by atoms with van der Waals surface area (Å²) < 4.78 is 58.1. The molecule has 0 bridgehead atoms. The smallest absolute Gasteiger partial charge is 0.333 e. The molecule has 2 N–H and O–H groups in total. The minimum atomic E-state index is -4.64. The van der Waals surface area contributed by atoms with Gasteiger partial charge < -0.3 is 9.73 Å². The maximum Gasteiger partial charge on any atom is 0.333 e. The summed E-state index contributed by atoms with van der Waals surface area (Å²) in [6, 6.07) is 7.32. The van der Waals surface area contributed by atoms with Gasteiger partial charge in [-0.05, 0) is 24.3 Å². The normalized spacial score (nSPS) is 11.3. The number of carbonyl (C=O) groups is 1. The average molecular weight is 380 g/mol. The van der Waals surface area contributed by atoms with Gasteiger partial charge in [-0.2, -0.15) is 0 Å². The number of rotatable bonds is 3. The number of anilines is 1. The van der Waals surface area contributed by atoms with E-state index in [4.69, 9.17) is 4.42 Å². The van der Waals surface area contributed by atoms with Crippen molar-refractivity contribution in [2.75, 3.05) is 5.32 Å². The highest BCUT2D eigenvalue weighted by Crippen LogP contribution is 2.18. The van der Waals surface area contributed by atoms with E-state index in [1.807, 2.05) is 0 Å². The SMILES string of the molecule is O=C(Nc1c(F)cccc1F)NS(=O)(=O)c1coc2ccccc2c1=O. The summed E-state index contributed by atoms with van der Waals surface area (Å²) in [5.41, 5.74) is -1.55. The summed E-state index contributed by atoms with van der Waals surface area (Å²) in [6.07, 6.45) is 0.684. The standard InChI is InChI=1S/C16H10F2N2O5S/c17-10-5-3-6-11(18)14(10)19-16(22)20-26(23,24)13-8-25-12-7-2-1-4-9(12)15(13)21/h1-8H,(H2,19,20,22). The highest BCUT2D eigenvalue weighted by Gasteiger charge is 2.24. The van der Waals surface area contributed by atoms with Crippen LogP contribution in [0.4, 0.5) is 19.3 Å². The molecule has 2 amide bonds. The van der Waals surface area contributed by atoms with Gasteiger partial charge in [-0.25, -0.2) is 26.7 Å². The van der Waals surface area contributed by atoms with Crippen LogP contribution in [-0.2, 0) is 10.0 Å². The molecular weight excluding hydrogens is 370 g/mol. The van der Waals surface area contributed by atoms with Crippen LogP contribution in [0.2, 0.25) is 0 Å². The fourth-order valence-electron chi connectivity index (χ4n) is 2.18. The van der Waals surface area contributed by atoms with E-state index in [0.717, 1.165) is 18.2 Å². The first-order valence-electron chi connectivity index (χ1n) is 7.08. The Bertz CT molecular complexity index is 1150. The molecule has 0 saturated heterocycles. The van der Waals surface area contributed by atoms with Crippen LogP contribution >= 0.6 is 0 Å². The van der Waals surface area contributed by atoms with Crippen LogP contribution in [0.5, 0.6) is 0 Å². The molecule has 10 heteroatoms. The lowest BCUT2D eigenvalue weighted by Crippen LogP contribution is -2.37. The van der Waals surface area contributed by atoms with Crippen molar-refractivity contribution >= 4 is 32.7 Å². The van der Waals surface area contributed by atoms with E-state index in [-0.39, 0.29) is 11.0 Å². The summed E-state index contributed by atoms with van der Waals surface area (Å²) in [5.74, 6) is -2.19. The monoisotopic (exact) mass is 380 g/mol. The Balaban J connectivity index is 1.91. The number of sulfonamides is 1. The topological polar surface area (TPSA) is 105 Å². The molecule has 26 heavy (non-hydrogen) atoms. The van der Waals surface area contributed by atoms with E-state index < -0.39 is 43.7 Å². The van der Waals surface area contributed by atoms with Gasteiger partial charge in [0.1, 0.15) is 29.2 Å². The van der Waals surface area contributed by atoms with Gasteiger partial charge >= 0.3 is 6.03 Å². The first-order valence-corrected chi connectivity index (χ1v) is 8.56. The van der Waals surface area contributed by atoms with Crippen molar-refractivity contribution in [2.24, 2.45) is 0 Å². The Morgan fingerprint density at radius 3 is 2.35 bits per heavy atom. The number of para-hydroxylation sites is 2. The molecule has 0 atom stereocenters. The van der Waals surface area contributed by atoms with E-state index >= 15 is 0 Å². The lowest BCUT2D eigenvalue weighted by atomic mass is 10.2. The van der Waals surface area contributed by atoms with Crippen LogP contribution in [0.15, 0.2) is 62.8 Å². The van der Waals surface area contributed by atoms with Gasteiger partial charge in [0, 0.05) is 0 Å². The molecule has 134 valence electrons. The summed E-state index contributed by atoms with van der Waals surface area (Å²) >= 11 is 0. The predicted molar refractivity (Wildman–Crippen MR) is 88.2 cm³/mol. The van der Waals surface area contributed by atoms with Gasteiger partial charge in [0.25, 0.3) is 10.0 Å². The minimum absolute atomic E-state index is 0.00377. The van der Waals surface area contributed by atoms with Crippen LogP contribution in [0.3, 0.4) is 0 Å². The van der Waals surface area contributed by atoms with Crippen molar-refractivity contribution in [3.05, 3.63) is 70.6 Å². The van der Waals surface area contributed by atoms with Crippen LogP contribution in [0, 0.1) is 11.6 Å². The molecule has 0 radical (unpaired) electrons. The number of amides is 2. The van der Waals surface area contributed by atoms with Gasteiger partial charge in [-0.3, -0.25) is 4.79 Å². The molecule has 0 unspecified atom stereocenters. The second-order valence-corrected chi connectivity index (χ2v) is 6.73. The van der Waals surface area contributed by atoms with Crippen molar-refractivity contribution in [2.45, 2.75) is 4.90 Å². The first-order chi connectivity index (χ1) is 12.3. The molecular formula is C16H10F2N2O5S. The van der Waals surface area contributed by atoms with Crippen LogP contribution < -0.4 is 15.5 Å². The number of benzene rings is 2. The van der Waals surface area contributed by atoms with E-state index in [1.54, 1.807) is 11.4 Å². The Morgan fingerprint density at radius 2 is 1.65 bits per heavy atom. The third kappa shape index (κ3) is 3.26. The lowest BCUT2D eigenvalue weighted by Gasteiger charge is -2.09. The Labute approximate surface area is 145 Å². The molecule has 0 aliphatic rings. The molecule has 0 fully saturated rings. The molecule has 3 rings (SSSR count). The highest BCUT2D eigenvalue weighted by atomic mass is 32.2. The van der Waals surface area contributed by atoms with Crippen molar-refractivity contribution in [3.8, 4) is 0 Å².